The minimum Gasteiger partial charge on any atom is -0.464 e. The monoisotopic (exact) mass is 428 g/mol. The third kappa shape index (κ3) is 4.33. The molecular weight excluding hydrogens is 404 g/mol. The summed E-state index contributed by atoms with van der Waals surface area (Å²) < 4.78 is 5.19. The van der Waals surface area contributed by atoms with Crippen LogP contribution in [0.3, 0.4) is 0 Å². The molecule has 1 aliphatic rings. The second kappa shape index (κ2) is 9.76. The first-order valence-electron chi connectivity index (χ1n) is 10.0. The molecule has 3 rings (SSSR count). The van der Waals surface area contributed by atoms with Gasteiger partial charge in [0.2, 0.25) is 0 Å². The predicted molar refractivity (Wildman–Crippen MR) is 116 cm³/mol. The summed E-state index contributed by atoms with van der Waals surface area (Å²) in [4.78, 5) is 41.6. The number of rotatable bonds is 9. The van der Waals surface area contributed by atoms with Crippen LogP contribution in [0.2, 0.25) is 0 Å². The van der Waals surface area contributed by atoms with Gasteiger partial charge in [0.15, 0.2) is 0 Å². The maximum absolute atomic E-state index is 12.9. The molecule has 0 aliphatic carbocycles. The average molecular weight is 429 g/mol. The van der Waals surface area contributed by atoms with E-state index >= 15 is 0 Å². The maximum Gasteiger partial charge on any atom is 0.329 e. The molecule has 0 radical (unpaired) electrons. The molecule has 0 saturated carbocycles. The number of amides is 2. The number of hydrogen-bond donors (Lipinski definition) is 0. The summed E-state index contributed by atoms with van der Waals surface area (Å²) in [5, 5.41) is 0. The number of imide groups is 1. The first kappa shape index (κ1) is 21.8. The van der Waals surface area contributed by atoms with E-state index < -0.39 is 23.8 Å². The van der Waals surface area contributed by atoms with Crippen LogP contribution in [0.25, 0.3) is 0 Å². The van der Waals surface area contributed by atoms with Crippen molar-refractivity contribution >= 4 is 35.1 Å². The number of alkyl halides is 1. The van der Waals surface area contributed by atoms with Crippen LogP contribution in [0.5, 0.6) is 0 Å². The van der Waals surface area contributed by atoms with E-state index in [0.717, 1.165) is 29.2 Å². The van der Waals surface area contributed by atoms with Gasteiger partial charge in [0.1, 0.15) is 6.04 Å². The van der Waals surface area contributed by atoms with Crippen molar-refractivity contribution in [3.05, 3.63) is 65.2 Å². The zero-order valence-corrected chi connectivity index (χ0v) is 17.9. The number of hydrogen-bond acceptors (Lipinski definition) is 5. The van der Waals surface area contributed by atoms with Crippen LogP contribution in [0.15, 0.2) is 48.5 Å². The Bertz CT molecular complexity index is 894. The van der Waals surface area contributed by atoms with Gasteiger partial charge in [-0.1, -0.05) is 24.3 Å². The van der Waals surface area contributed by atoms with Gasteiger partial charge in [-0.15, -0.1) is 11.6 Å². The molecule has 2 aromatic carbocycles. The zero-order valence-electron chi connectivity index (χ0n) is 17.1. The number of nitrogens with zero attached hydrogens (tertiary/aromatic N) is 2. The summed E-state index contributed by atoms with van der Waals surface area (Å²) in [5.41, 5.74) is 2.48. The van der Waals surface area contributed by atoms with E-state index in [2.05, 4.69) is 11.8 Å². The normalized spacial score (nSPS) is 13.9. The predicted octanol–water partition coefficient (Wildman–Crippen LogP) is 3.52. The van der Waals surface area contributed by atoms with Gasteiger partial charge in [-0.05, 0) is 43.7 Å². The van der Waals surface area contributed by atoms with Crippen LogP contribution in [-0.2, 0) is 16.0 Å². The van der Waals surface area contributed by atoms with Gasteiger partial charge >= 0.3 is 5.97 Å². The fourth-order valence-electron chi connectivity index (χ4n) is 3.65. The van der Waals surface area contributed by atoms with Gasteiger partial charge in [0.05, 0.1) is 17.7 Å². The highest BCUT2D eigenvalue weighted by Gasteiger charge is 2.43. The van der Waals surface area contributed by atoms with Crippen molar-refractivity contribution in [3.8, 4) is 0 Å². The molecule has 7 heteroatoms. The Hall–Kier alpha value is -2.86. The van der Waals surface area contributed by atoms with E-state index in [9.17, 15) is 14.4 Å². The molecule has 2 aromatic rings. The molecule has 0 spiro atoms. The zero-order chi connectivity index (χ0) is 21.7. The molecule has 1 atom stereocenters. The summed E-state index contributed by atoms with van der Waals surface area (Å²) in [6.07, 6.45) is 0.187. The molecule has 0 aromatic heterocycles. The number of ether oxygens (including phenoxy) is 1. The van der Waals surface area contributed by atoms with E-state index in [1.165, 1.54) is 0 Å². The van der Waals surface area contributed by atoms with Gasteiger partial charge < -0.3 is 9.64 Å². The lowest BCUT2D eigenvalue weighted by molar-refractivity contribution is -0.147. The molecule has 30 heavy (non-hydrogen) atoms. The van der Waals surface area contributed by atoms with E-state index in [1.54, 1.807) is 31.2 Å². The molecule has 0 bridgehead atoms. The molecule has 1 aliphatic heterocycles. The molecule has 2 amide bonds. The standard InChI is InChI=1S/C23H25ClN2O4/c1-3-25(14-13-24)17-11-9-16(10-12-17)15-20(23(29)30-4-2)26-21(27)18-7-5-6-8-19(18)22(26)28/h5-12,20H,3-4,13-15H2,1-2H3/t20-/m0/s1. The SMILES string of the molecule is CCOC(=O)[C@H](Cc1ccc(N(CC)CCCl)cc1)N1C(=O)c2ccccc2C1=O. The van der Waals surface area contributed by atoms with Crippen molar-refractivity contribution in [1.29, 1.82) is 0 Å². The van der Waals surface area contributed by atoms with Gasteiger partial charge in [0.25, 0.3) is 11.8 Å². The smallest absolute Gasteiger partial charge is 0.329 e. The molecule has 0 fully saturated rings. The molecule has 6 nitrogen and oxygen atoms in total. The number of fused-ring (bicyclic) bond motifs is 1. The molecule has 0 saturated heterocycles. The van der Waals surface area contributed by atoms with Gasteiger partial charge in [-0.3, -0.25) is 14.5 Å². The van der Waals surface area contributed by atoms with E-state index in [1.807, 2.05) is 24.3 Å². The van der Waals surface area contributed by atoms with Crippen LogP contribution >= 0.6 is 11.6 Å². The van der Waals surface area contributed by atoms with Crippen LogP contribution in [0.4, 0.5) is 5.69 Å². The molecule has 158 valence electrons. The Balaban J connectivity index is 1.86. The molecule has 1 heterocycles. The van der Waals surface area contributed by atoms with Crippen LogP contribution in [0, 0.1) is 0 Å². The number of halogens is 1. The highest BCUT2D eigenvalue weighted by atomic mass is 35.5. The van der Waals surface area contributed by atoms with Crippen molar-refractivity contribution in [2.45, 2.75) is 26.3 Å². The van der Waals surface area contributed by atoms with Crippen LogP contribution in [-0.4, -0.2) is 54.3 Å². The van der Waals surface area contributed by atoms with Crippen LogP contribution in [0.1, 0.15) is 40.1 Å². The van der Waals surface area contributed by atoms with Crippen molar-refractivity contribution < 1.29 is 19.1 Å². The first-order chi connectivity index (χ1) is 14.5. The molecular formula is C23H25ClN2O4. The maximum atomic E-state index is 12.9. The largest absolute Gasteiger partial charge is 0.464 e. The summed E-state index contributed by atoms with van der Waals surface area (Å²) in [6.45, 7) is 5.48. The van der Waals surface area contributed by atoms with Crippen molar-refractivity contribution in [1.82, 2.24) is 4.90 Å². The van der Waals surface area contributed by atoms with Crippen molar-refractivity contribution in [3.63, 3.8) is 0 Å². The van der Waals surface area contributed by atoms with Gasteiger partial charge in [-0.2, -0.15) is 0 Å². The van der Waals surface area contributed by atoms with E-state index in [-0.39, 0.29) is 13.0 Å². The van der Waals surface area contributed by atoms with Gasteiger partial charge in [-0.25, -0.2) is 4.79 Å². The minimum absolute atomic E-state index is 0.168. The second-order valence-electron chi connectivity index (χ2n) is 6.93. The Kier molecular flexibility index (Phi) is 7.11. The summed E-state index contributed by atoms with van der Waals surface area (Å²) in [5.74, 6) is -0.997. The fourth-order valence-corrected chi connectivity index (χ4v) is 3.85. The van der Waals surface area contributed by atoms with Crippen LogP contribution < -0.4 is 4.90 Å². The fraction of sp³-hybridized carbons (Fsp3) is 0.348. The second-order valence-corrected chi connectivity index (χ2v) is 7.31. The number of esters is 1. The van der Waals surface area contributed by atoms with E-state index in [4.69, 9.17) is 16.3 Å². The van der Waals surface area contributed by atoms with Crippen molar-refractivity contribution in [2.75, 3.05) is 30.5 Å². The summed E-state index contributed by atoms with van der Waals surface area (Å²) in [7, 11) is 0. The molecule has 0 N–H and O–H groups in total. The minimum atomic E-state index is -1.02. The Morgan fingerprint density at radius 1 is 1.03 bits per heavy atom. The summed E-state index contributed by atoms with van der Waals surface area (Å²) >= 11 is 5.87. The highest BCUT2D eigenvalue weighted by Crippen LogP contribution is 2.27. The average Bonchev–Trinajstić information content (AvgIpc) is 3.01. The molecule has 0 unspecified atom stereocenters. The highest BCUT2D eigenvalue weighted by molar-refractivity contribution is 6.22. The quantitative estimate of drug-likeness (QED) is 0.347. The lowest BCUT2D eigenvalue weighted by atomic mass is 10.0. The third-order valence-corrected chi connectivity index (χ3v) is 5.33. The number of benzene rings is 2. The Labute approximate surface area is 181 Å². The van der Waals surface area contributed by atoms with E-state index in [0.29, 0.717) is 17.0 Å². The third-order valence-electron chi connectivity index (χ3n) is 5.16. The topological polar surface area (TPSA) is 66.9 Å². The Morgan fingerprint density at radius 2 is 1.63 bits per heavy atom. The lowest BCUT2D eigenvalue weighted by Gasteiger charge is -2.25. The van der Waals surface area contributed by atoms with Crippen molar-refractivity contribution in [2.24, 2.45) is 0 Å². The first-order valence-corrected chi connectivity index (χ1v) is 10.6. The number of carbonyl (C=O) groups is 3. The summed E-state index contributed by atoms with van der Waals surface area (Å²) in [6, 6.07) is 13.3. The lowest BCUT2D eigenvalue weighted by Crippen LogP contribution is -2.47. The van der Waals surface area contributed by atoms with Gasteiger partial charge in [0, 0.05) is 31.1 Å². The number of anilines is 1. The number of carbonyl (C=O) groups excluding carboxylic acids is 3. The Morgan fingerprint density at radius 3 is 2.13 bits per heavy atom.